The van der Waals surface area contributed by atoms with Gasteiger partial charge in [0.15, 0.2) is 0 Å². The summed E-state index contributed by atoms with van der Waals surface area (Å²) < 4.78 is 3.29. The Kier molecular flexibility index (Phi) is 13.7. The molecule has 7 aromatic rings. The molecule has 0 spiro atoms. The Balaban J connectivity index is 0.000000181. The first-order chi connectivity index (χ1) is 28.5. The van der Waals surface area contributed by atoms with E-state index in [-0.39, 0.29) is 44.8 Å². The van der Waals surface area contributed by atoms with Gasteiger partial charge in [-0.05, 0) is 70.5 Å². The minimum absolute atomic E-state index is 0.0944. The summed E-state index contributed by atoms with van der Waals surface area (Å²) in [5, 5.41) is 33.0. The summed E-state index contributed by atoms with van der Waals surface area (Å²) >= 11 is 10.9. The van der Waals surface area contributed by atoms with Crippen molar-refractivity contribution in [2.75, 3.05) is 23.9 Å². The van der Waals surface area contributed by atoms with Gasteiger partial charge < -0.3 is 9.80 Å². The summed E-state index contributed by atoms with van der Waals surface area (Å²) in [6.07, 6.45) is 6.59. The highest BCUT2D eigenvalue weighted by molar-refractivity contribution is 6.33. The molecule has 0 radical (unpaired) electrons. The van der Waals surface area contributed by atoms with Gasteiger partial charge in [-0.15, -0.1) is 0 Å². The number of rotatable bonds is 9. The third-order valence-corrected chi connectivity index (χ3v) is 9.02. The van der Waals surface area contributed by atoms with Crippen LogP contribution in [0.15, 0.2) is 85.5 Å². The van der Waals surface area contributed by atoms with Crippen LogP contribution in [0.4, 0.5) is 40.2 Å². The maximum Gasteiger partial charge on any atom is 0.333 e. The predicted molar refractivity (Wildman–Crippen MR) is 223 cm³/mol. The molecule has 7 rings (SSSR count). The van der Waals surface area contributed by atoms with Gasteiger partial charge >= 0.3 is 17.1 Å². The van der Waals surface area contributed by atoms with E-state index < -0.39 is 14.8 Å². The molecule has 0 fully saturated rings. The second-order valence-electron chi connectivity index (χ2n) is 12.5. The molecule has 0 atom stereocenters. The molecule has 2 aromatic carbocycles. The first-order valence-electron chi connectivity index (χ1n) is 17.5. The molecular weight excluding hydrogens is 821 g/mol. The van der Waals surface area contributed by atoms with Crippen LogP contribution in [0.1, 0.15) is 28.7 Å². The molecule has 21 nitrogen and oxygen atoms in total. The van der Waals surface area contributed by atoms with Crippen molar-refractivity contribution in [3.05, 3.63) is 155 Å². The average Bonchev–Trinajstić information content (AvgIpc) is 3.84. The number of aromatic nitrogens is 10. The van der Waals surface area contributed by atoms with E-state index in [1.165, 1.54) is 6.92 Å². The van der Waals surface area contributed by atoms with E-state index in [0.29, 0.717) is 34.9 Å². The molecule has 0 bridgehead atoms. The van der Waals surface area contributed by atoms with Gasteiger partial charge in [0.05, 0.1) is 14.8 Å². The third kappa shape index (κ3) is 9.77. The number of aryl methyl sites for hydroxylation is 5. The van der Waals surface area contributed by atoms with Crippen LogP contribution in [0, 0.1) is 65.0 Å². The number of hydrogen-bond acceptors (Lipinski definition) is 16. The van der Waals surface area contributed by atoms with Crippen LogP contribution in [0.25, 0.3) is 11.8 Å². The second kappa shape index (κ2) is 18.8. The standard InChI is InChI=1S/2C16H16N6O2.C5H3Cl2N3O2/c1-11-14(22(23)24)15(21-10-9-17-12(21)2)19-16(18-11)20(3)13-7-5-4-6-8-13;1-11-14(22(23)24)15(20(3)13-7-5-4-6-8-13)19-16(18-11)21-10-9-17-12(21)2;1-2-3(10(11)12)4(6)9-5(7)8-2/h2*4-10H,1-3H3;1H3. The number of nitrogens with zero attached hydrogens (tertiary/aromatic N) is 15. The van der Waals surface area contributed by atoms with Crippen LogP contribution in [0.5, 0.6) is 0 Å². The van der Waals surface area contributed by atoms with E-state index in [4.69, 9.17) is 23.2 Å². The van der Waals surface area contributed by atoms with Gasteiger partial charge in [0.1, 0.15) is 28.7 Å². The topological polar surface area (TPSA) is 249 Å². The van der Waals surface area contributed by atoms with Crippen molar-refractivity contribution in [3.8, 4) is 11.8 Å². The summed E-state index contributed by atoms with van der Waals surface area (Å²) in [7, 11) is 3.56. The summed E-state index contributed by atoms with van der Waals surface area (Å²) in [5.41, 5.74) is 1.91. The quantitative estimate of drug-likeness (QED) is 0.0579. The summed E-state index contributed by atoms with van der Waals surface area (Å²) in [6, 6.07) is 18.9. The highest BCUT2D eigenvalue weighted by Crippen LogP contribution is 2.34. The fraction of sp³-hybridized carbons (Fsp3) is 0.189. The number of halogens is 2. The molecule has 308 valence electrons. The van der Waals surface area contributed by atoms with Crippen molar-refractivity contribution >= 4 is 63.4 Å². The van der Waals surface area contributed by atoms with Gasteiger partial charge in [-0.3, -0.25) is 39.5 Å². The van der Waals surface area contributed by atoms with Crippen molar-refractivity contribution in [2.24, 2.45) is 0 Å². The number of benzene rings is 2. The molecule has 23 heteroatoms. The average molecular weight is 857 g/mol. The zero-order chi connectivity index (χ0) is 43.8. The maximum atomic E-state index is 11.5. The Bertz CT molecular complexity index is 2660. The Hall–Kier alpha value is -7.52. The molecular formula is C37H35Cl2N15O6. The maximum absolute atomic E-state index is 11.5. The van der Waals surface area contributed by atoms with E-state index in [1.807, 2.05) is 74.6 Å². The normalized spacial score (nSPS) is 10.5. The number of nitro groups is 3. The fourth-order valence-corrected chi connectivity index (χ4v) is 6.14. The molecule has 0 unspecified atom stereocenters. The molecule has 0 N–H and O–H groups in total. The molecule has 0 aliphatic heterocycles. The van der Waals surface area contributed by atoms with Crippen molar-refractivity contribution in [1.29, 1.82) is 0 Å². The monoisotopic (exact) mass is 855 g/mol. The lowest BCUT2D eigenvalue weighted by molar-refractivity contribution is -0.386. The van der Waals surface area contributed by atoms with Gasteiger partial charge in [-0.1, -0.05) is 48.0 Å². The number of hydrogen-bond donors (Lipinski definition) is 0. The van der Waals surface area contributed by atoms with Gasteiger partial charge in [-0.2, -0.15) is 15.0 Å². The Labute approximate surface area is 351 Å². The van der Waals surface area contributed by atoms with Gasteiger partial charge in [-0.25, -0.2) is 24.9 Å². The second-order valence-corrected chi connectivity index (χ2v) is 13.2. The lowest BCUT2D eigenvalue weighted by Gasteiger charge is -2.19. The van der Waals surface area contributed by atoms with Crippen LogP contribution in [0.3, 0.4) is 0 Å². The van der Waals surface area contributed by atoms with E-state index in [9.17, 15) is 30.3 Å². The molecule has 0 saturated carbocycles. The molecule has 0 amide bonds. The molecule has 5 heterocycles. The van der Waals surface area contributed by atoms with Crippen molar-refractivity contribution in [1.82, 2.24) is 49.0 Å². The summed E-state index contributed by atoms with van der Waals surface area (Å²) in [5.74, 6) is 2.50. The van der Waals surface area contributed by atoms with Gasteiger partial charge in [0.25, 0.3) is 0 Å². The highest BCUT2D eigenvalue weighted by atomic mass is 35.5. The Morgan fingerprint density at radius 1 is 0.567 bits per heavy atom. The fourth-order valence-electron chi connectivity index (χ4n) is 5.60. The lowest BCUT2D eigenvalue weighted by atomic mass is 10.2. The van der Waals surface area contributed by atoms with Crippen molar-refractivity contribution < 1.29 is 14.8 Å². The molecule has 60 heavy (non-hydrogen) atoms. The van der Waals surface area contributed by atoms with Gasteiger partial charge in [0.2, 0.25) is 34.0 Å². The number of anilines is 4. The van der Waals surface area contributed by atoms with E-state index in [2.05, 4.69) is 39.9 Å². The van der Waals surface area contributed by atoms with Crippen LogP contribution in [-0.4, -0.2) is 77.9 Å². The Morgan fingerprint density at radius 2 is 1.05 bits per heavy atom. The minimum atomic E-state index is -0.645. The minimum Gasteiger partial charge on any atom is -0.324 e. The molecule has 5 aromatic heterocycles. The van der Waals surface area contributed by atoms with Crippen LogP contribution in [0.2, 0.25) is 10.4 Å². The number of imidazole rings is 2. The largest absolute Gasteiger partial charge is 0.333 e. The summed E-state index contributed by atoms with van der Waals surface area (Å²) in [4.78, 5) is 68.0. The zero-order valence-corrected chi connectivity index (χ0v) is 34.5. The SMILES string of the molecule is Cc1nc(-n2ccnc2C)nc(N(C)c2ccccc2)c1[N+](=O)[O-].Cc1nc(Cl)nc(Cl)c1[N+](=O)[O-].Cc1nc(N(C)c2ccccc2)nc(-n2ccnc2C)c1[N+](=O)[O-]. The first-order valence-corrected chi connectivity index (χ1v) is 18.2. The van der Waals surface area contributed by atoms with E-state index >= 15 is 0 Å². The summed E-state index contributed by atoms with van der Waals surface area (Å²) in [6.45, 7) is 8.25. The molecule has 0 aliphatic carbocycles. The smallest absolute Gasteiger partial charge is 0.324 e. The van der Waals surface area contributed by atoms with Gasteiger partial charge in [0, 0.05) is 50.3 Å². The van der Waals surface area contributed by atoms with E-state index in [0.717, 1.165) is 11.4 Å². The van der Waals surface area contributed by atoms with Crippen LogP contribution in [-0.2, 0) is 0 Å². The molecule has 0 aliphatic rings. The number of para-hydroxylation sites is 2. The molecule has 0 saturated heterocycles. The lowest BCUT2D eigenvalue weighted by Crippen LogP contribution is -2.17. The van der Waals surface area contributed by atoms with Crippen LogP contribution < -0.4 is 9.80 Å². The first kappa shape index (κ1) is 43.6. The third-order valence-electron chi connectivity index (χ3n) is 8.59. The zero-order valence-electron chi connectivity index (χ0n) is 33.0. The highest BCUT2D eigenvalue weighted by Gasteiger charge is 2.27. The van der Waals surface area contributed by atoms with Crippen molar-refractivity contribution in [2.45, 2.75) is 34.6 Å². The van der Waals surface area contributed by atoms with E-state index in [1.54, 1.807) is 71.5 Å². The van der Waals surface area contributed by atoms with Crippen molar-refractivity contribution in [3.63, 3.8) is 0 Å². The predicted octanol–water partition coefficient (Wildman–Crippen LogP) is 7.91. The Morgan fingerprint density at radius 3 is 1.53 bits per heavy atom. The van der Waals surface area contributed by atoms with Crippen LogP contribution >= 0.6 is 23.2 Å².